The van der Waals surface area contributed by atoms with E-state index in [-0.39, 0.29) is 5.91 Å². The number of halogens is 1. The van der Waals surface area contributed by atoms with E-state index in [0.717, 1.165) is 15.7 Å². The molecular formula is C15H15BrN2O. The summed E-state index contributed by atoms with van der Waals surface area (Å²) in [6.45, 7) is 3.82. The van der Waals surface area contributed by atoms with Crippen LogP contribution in [-0.2, 0) is 10.2 Å². The largest absolute Gasteiger partial charge is 0.325 e. The SMILES string of the molecule is CC(C)(C(=O)Nc1ccncc1)c1ccc(Br)cc1. The fraction of sp³-hybridized carbons (Fsp3) is 0.200. The summed E-state index contributed by atoms with van der Waals surface area (Å²) >= 11 is 3.40. The van der Waals surface area contributed by atoms with Crippen LogP contribution in [0, 0.1) is 0 Å². The molecule has 0 saturated heterocycles. The molecule has 2 aromatic rings. The second kappa shape index (κ2) is 5.53. The number of hydrogen-bond donors (Lipinski definition) is 1. The summed E-state index contributed by atoms with van der Waals surface area (Å²) in [5.41, 5.74) is 1.14. The van der Waals surface area contributed by atoms with E-state index in [9.17, 15) is 4.79 Å². The van der Waals surface area contributed by atoms with Gasteiger partial charge in [0.25, 0.3) is 0 Å². The smallest absolute Gasteiger partial charge is 0.234 e. The molecule has 0 bridgehead atoms. The van der Waals surface area contributed by atoms with Gasteiger partial charge in [0.05, 0.1) is 5.41 Å². The number of nitrogens with one attached hydrogen (secondary N) is 1. The van der Waals surface area contributed by atoms with Crippen molar-refractivity contribution < 1.29 is 4.79 Å². The molecule has 0 aliphatic carbocycles. The third kappa shape index (κ3) is 3.20. The number of aromatic nitrogens is 1. The van der Waals surface area contributed by atoms with Crippen molar-refractivity contribution in [3.63, 3.8) is 0 Å². The van der Waals surface area contributed by atoms with Crippen LogP contribution in [0.25, 0.3) is 0 Å². The van der Waals surface area contributed by atoms with Crippen LogP contribution >= 0.6 is 15.9 Å². The molecule has 0 fully saturated rings. The van der Waals surface area contributed by atoms with Gasteiger partial charge in [0.2, 0.25) is 5.91 Å². The summed E-state index contributed by atoms with van der Waals surface area (Å²) in [5.74, 6) is -0.0407. The Morgan fingerprint density at radius 2 is 1.68 bits per heavy atom. The number of amides is 1. The number of pyridine rings is 1. The van der Waals surface area contributed by atoms with Crippen molar-refractivity contribution in [2.75, 3.05) is 5.32 Å². The molecule has 0 unspecified atom stereocenters. The van der Waals surface area contributed by atoms with Gasteiger partial charge in [-0.25, -0.2) is 0 Å². The molecule has 19 heavy (non-hydrogen) atoms. The molecule has 1 amide bonds. The summed E-state index contributed by atoms with van der Waals surface area (Å²) in [5, 5.41) is 2.90. The standard InChI is InChI=1S/C15H15BrN2O/c1-15(2,11-3-5-12(16)6-4-11)14(19)18-13-7-9-17-10-8-13/h3-10H,1-2H3,(H,17,18,19). The highest BCUT2D eigenvalue weighted by atomic mass is 79.9. The molecule has 2 rings (SSSR count). The van der Waals surface area contributed by atoms with Crippen molar-refractivity contribution in [1.29, 1.82) is 0 Å². The predicted octanol–water partition coefficient (Wildman–Crippen LogP) is 3.76. The van der Waals surface area contributed by atoms with Gasteiger partial charge >= 0.3 is 0 Å². The first kappa shape index (κ1) is 13.7. The minimum atomic E-state index is -0.593. The van der Waals surface area contributed by atoms with E-state index in [1.807, 2.05) is 38.1 Å². The van der Waals surface area contributed by atoms with Gasteiger partial charge in [-0.05, 0) is 43.7 Å². The van der Waals surface area contributed by atoms with Crippen molar-refractivity contribution in [3.05, 3.63) is 58.8 Å². The Labute approximate surface area is 121 Å². The number of nitrogens with zero attached hydrogens (tertiary/aromatic N) is 1. The van der Waals surface area contributed by atoms with Crippen LogP contribution in [0.15, 0.2) is 53.3 Å². The van der Waals surface area contributed by atoms with Crippen LogP contribution in [0.4, 0.5) is 5.69 Å². The molecule has 1 heterocycles. The van der Waals surface area contributed by atoms with Crippen LogP contribution in [0.5, 0.6) is 0 Å². The minimum absolute atomic E-state index is 0.0407. The van der Waals surface area contributed by atoms with Gasteiger partial charge in [0, 0.05) is 22.6 Å². The first-order valence-corrected chi connectivity index (χ1v) is 6.77. The number of anilines is 1. The van der Waals surface area contributed by atoms with Crippen molar-refractivity contribution in [1.82, 2.24) is 4.98 Å². The Hall–Kier alpha value is -1.68. The highest BCUT2D eigenvalue weighted by Crippen LogP contribution is 2.26. The van der Waals surface area contributed by atoms with Crippen molar-refractivity contribution >= 4 is 27.5 Å². The van der Waals surface area contributed by atoms with Crippen LogP contribution in [-0.4, -0.2) is 10.9 Å². The van der Waals surface area contributed by atoms with Crippen LogP contribution < -0.4 is 5.32 Å². The molecule has 1 N–H and O–H groups in total. The minimum Gasteiger partial charge on any atom is -0.325 e. The second-order valence-corrected chi connectivity index (χ2v) is 5.74. The lowest BCUT2D eigenvalue weighted by atomic mass is 9.83. The molecule has 0 saturated carbocycles. The fourth-order valence-corrected chi connectivity index (χ4v) is 1.98. The third-order valence-electron chi connectivity index (χ3n) is 3.07. The van der Waals surface area contributed by atoms with Crippen LogP contribution in [0.1, 0.15) is 19.4 Å². The van der Waals surface area contributed by atoms with E-state index < -0.39 is 5.41 Å². The molecule has 0 aliphatic heterocycles. The van der Waals surface area contributed by atoms with E-state index in [1.54, 1.807) is 24.5 Å². The van der Waals surface area contributed by atoms with Crippen molar-refractivity contribution in [2.45, 2.75) is 19.3 Å². The second-order valence-electron chi connectivity index (χ2n) is 4.82. The zero-order valence-electron chi connectivity index (χ0n) is 10.9. The molecule has 1 aromatic heterocycles. The third-order valence-corrected chi connectivity index (χ3v) is 3.60. The maximum absolute atomic E-state index is 12.4. The molecule has 0 aliphatic rings. The molecule has 98 valence electrons. The molecule has 0 spiro atoms. The van der Waals surface area contributed by atoms with Gasteiger partial charge < -0.3 is 5.32 Å². The Balaban J connectivity index is 2.19. The van der Waals surface area contributed by atoms with Crippen LogP contribution in [0.3, 0.4) is 0 Å². The van der Waals surface area contributed by atoms with E-state index in [1.165, 1.54) is 0 Å². The summed E-state index contributed by atoms with van der Waals surface area (Å²) in [6, 6.07) is 11.3. The number of benzene rings is 1. The van der Waals surface area contributed by atoms with E-state index >= 15 is 0 Å². The first-order chi connectivity index (χ1) is 9.00. The zero-order chi connectivity index (χ0) is 13.9. The van der Waals surface area contributed by atoms with E-state index in [4.69, 9.17) is 0 Å². The van der Waals surface area contributed by atoms with Gasteiger partial charge in [-0.3, -0.25) is 9.78 Å². The highest BCUT2D eigenvalue weighted by molar-refractivity contribution is 9.10. The normalized spacial score (nSPS) is 11.1. The molecule has 1 aromatic carbocycles. The average Bonchev–Trinajstić information content (AvgIpc) is 2.40. The Bertz CT molecular complexity index is 564. The van der Waals surface area contributed by atoms with Crippen molar-refractivity contribution in [2.24, 2.45) is 0 Å². The summed E-state index contributed by atoms with van der Waals surface area (Å²) in [6.07, 6.45) is 3.31. The topological polar surface area (TPSA) is 42.0 Å². The molecule has 4 heteroatoms. The van der Waals surface area contributed by atoms with Crippen molar-refractivity contribution in [3.8, 4) is 0 Å². The summed E-state index contributed by atoms with van der Waals surface area (Å²) in [7, 11) is 0. The lowest BCUT2D eigenvalue weighted by molar-refractivity contribution is -0.120. The van der Waals surface area contributed by atoms with Gasteiger partial charge in [-0.2, -0.15) is 0 Å². The van der Waals surface area contributed by atoms with E-state index in [0.29, 0.717) is 0 Å². The monoisotopic (exact) mass is 318 g/mol. The lowest BCUT2D eigenvalue weighted by Crippen LogP contribution is -2.34. The number of hydrogen-bond acceptors (Lipinski definition) is 2. The first-order valence-electron chi connectivity index (χ1n) is 5.97. The maximum Gasteiger partial charge on any atom is 0.234 e. The van der Waals surface area contributed by atoms with Gasteiger partial charge in [-0.1, -0.05) is 28.1 Å². The summed E-state index contributed by atoms with van der Waals surface area (Å²) in [4.78, 5) is 16.3. The zero-order valence-corrected chi connectivity index (χ0v) is 12.4. The van der Waals surface area contributed by atoms with Gasteiger partial charge in [-0.15, -0.1) is 0 Å². The van der Waals surface area contributed by atoms with E-state index in [2.05, 4.69) is 26.2 Å². The Morgan fingerprint density at radius 1 is 1.11 bits per heavy atom. The summed E-state index contributed by atoms with van der Waals surface area (Å²) < 4.78 is 1.00. The predicted molar refractivity (Wildman–Crippen MR) is 80.0 cm³/mol. The number of rotatable bonds is 3. The molecule has 0 atom stereocenters. The molecular weight excluding hydrogens is 304 g/mol. The quantitative estimate of drug-likeness (QED) is 0.936. The maximum atomic E-state index is 12.4. The average molecular weight is 319 g/mol. The highest BCUT2D eigenvalue weighted by Gasteiger charge is 2.29. The molecule has 0 radical (unpaired) electrons. The number of carbonyl (C=O) groups is 1. The molecule has 3 nitrogen and oxygen atoms in total. The van der Waals surface area contributed by atoms with Gasteiger partial charge in [0.15, 0.2) is 0 Å². The fourth-order valence-electron chi connectivity index (χ4n) is 1.72. The van der Waals surface area contributed by atoms with Gasteiger partial charge in [0.1, 0.15) is 0 Å². The number of carbonyl (C=O) groups excluding carboxylic acids is 1. The Morgan fingerprint density at radius 3 is 2.26 bits per heavy atom. The Kier molecular flexibility index (Phi) is 4.00. The lowest BCUT2D eigenvalue weighted by Gasteiger charge is -2.24. The van der Waals surface area contributed by atoms with Crippen LogP contribution in [0.2, 0.25) is 0 Å².